The van der Waals surface area contributed by atoms with Crippen molar-refractivity contribution in [1.82, 2.24) is 0 Å². The largest absolute Gasteiger partial charge is 0.397 e. The van der Waals surface area contributed by atoms with Crippen LogP contribution >= 0.6 is 23.2 Å². The van der Waals surface area contributed by atoms with Crippen LogP contribution in [-0.4, -0.2) is 5.54 Å². The van der Waals surface area contributed by atoms with Crippen LogP contribution in [0.3, 0.4) is 0 Å². The normalized spacial score (nSPS) is 11.5. The fourth-order valence-electron chi connectivity index (χ4n) is 1.12. The molecule has 1 aromatic carbocycles. The molecule has 84 valence electrons. The van der Waals surface area contributed by atoms with E-state index < -0.39 is 0 Å². The molecular weight excluding hydrogens is 231 g/mol. The molecule has 0 aliphatic carbocycles. The highest BCUT2D eigenvalue weighted by molar-refractivity contribution is 6.42. The fourth-order valence-corrected chi connectivity index (χ4v) is 1.46. The van der Waals surface area contributed by atoms with Gasteiger partial charge in [-0.1, -0.05) is 30.1 Å². The number of benzene rings is 1. The summed E-state index contributed by atoms with van der Waals surface area (Å²) in [5.74, 6) is 0. The van der Waals surface area contributed by atoms with Crippen molar-refractivity contribution in [1.29, 1.82) is 0 Å². The summed E-state index contributed by atoms with van der Waals surface area (Å²) in [5.41, 5.74) is 7.28. The number of hydrogen-bond acceptors (Lipinski definition) is 2. The molecule has 0 fully saturated rings. The maximum Gasteiger partial charge on any atom is 0.0614 e. The number of halogens is 2. The van der Waals surface area contributed by atoms with E-state index >= 15 is 0 Å². The third kappa shape index (κ3) is 3.18. The smallest absolute Gasteiger partial charge is 0.0614 e. The summed E-state index contributed by atoms with van der Waals surface area (Å²) >= 11 is 11.8. The first-order chi connectivity index (χ1) is 6.85. The Bertz CT molecular complexity index is 362. The van der Waals surface area contributed by atoms with E-state index in [4.69, 9.17) is 28.9 Å². The van der Waals surface area contributed by atoms with Crippen LogP contribution in [0.4, 0.5) is 11.4 Å². The summed E-state index contributed by atoms with van der Waals surface area (Å²) in [7, 11) is 0. The monoisotopic (exact) mass is 246 g/mol. The average Bonchev–Trinajstić information content (AvgIpc) is 2.14. The van der Waals surface area contributed by atoms with Gasteiger partial charge in [-0.25, -0.2) is 0 Å². The molecule has 15 heavy (non-hydrogen) atoms. The molecule has 0 aliphatic heterocycles. The summed E-state index contributed by atoms with van der Waals surface area (Å²) < 4.78 is 0. The Morgan fingerprint density at radius 1 is 1.27 bits per heavy atom. The third-order valence-electron chi connectivity index (χ3n) is 2.45. The highest BCUT2D eigenvalue weighted by atomic mass is 35.5. The Labute approximate surface area is 101 Å². The number of nitrogens with one attached hydrogen (secondary N) is 1. The van der Waals surface area contributed by atoms with E-state index in [-0.39, 0.29) is 5.54 Å². The van der Waals surface area contributed by atoms with Gasteiger partial charge >= 0.3 is 0 Å². The van der Waals surface area contributed by atoms with Crippen LogP contribution in [0, 0.1) is 0 Å². The van der Waals surface area contributed by atoms with Crippen molar-refractivity contribution in [2.75, 3.05) is 11.1 Å². The molecule has 2 nitrogen and oxygen atoms in total. The Kier molecular flexibility index (Phi) is 3.74. The molecule has 0 saturated heterocycles. The Morgan fingerprint density at radius 2 is 1.80 bits per heavy atom. The highest BCUT2D eigenvalue weighted by Gasteiger charge is 2.16. The van der Waals surface area contributed by atoms with Gasteiger partial charge in [-0.2, -0.15) is 0 Å². The van der Waals surface area contributed by atoms with Gasteiger partial charge in [0.15, 0.2) is 0 Å². The second-order valence-corrected chi connectivity index (χ2v) is 5.03. The van der Waals surface area contributed by atoms with Gasteiger partial charge in [0.25, 0.3) is 0 Å². The summed E-state index contributed by atoms with van der Waals surface area (Å²) in [6.07, 6.45) is 0.993. The zero-order chi connectivity index (χ0) is 11.6. The van der Waals surface area contributed by atoms with E-state index in [0.717, 1.165) is 12.1 Å². The SMILES string of the molecule is CCC(C)(C)Nc1cc(Cl)c(Cl)cc1N. The molecule has 4 heteroatoms. The quantitative estimate of drug-likeness (QED) is 0.786. The Balaban J connectivity index is 3.01. The van der Waals surface area contributed by atoms with Gasteiger partial charge in [-0.05, 0) is 32.4 Å². The van der Waals surface area contributed by atoms with E-state index in [2.05, 4.69) is 26.1 Å². The van der Waals surface area contributed by atoms with Crippen molar-refractivity contribution < 1.29 is 0 Å². The minimum absolute atomic E-state index is 0.00865. The van der Waals surface area contributed by atoms with E-state index in [1.165, 1.54) is 0 Å². The summed E-state index contributed by atoms with van der Waals surface area (Å²) in [5, 5.41) is 4.33. The van der Waals surface area contributed by atoms with Gasteiger partial charge in [0, 0.05) is 5.54 Å². The van der Waals surface area contributed by atoms with Crippen LogP contribution in [0.15, 0.2) is 12.1 Å². The van der Waals surface area contributed by atoms with Crippen LogP contribution in [0.2, 0.25) is 10.0 Å². The number of anilines is 2. The van der Waals surface area contributed by atoms with Crippen LogP contribution in [0.5, 0.6) is 0 Å². The summed E-state index contributed by atoms with van der Waals surface area (Å²) in [4.78, 5) is 0. The number of nitrogens with two attached hydrogens (primary N) is 1. The fraction of sp³-hybridized carbons (Fsp3) is 0.455. The van der Waals surface area contributed by atoms with E-state index in [1.807, 2.05) is 0 Å². The van der Waals surface area contributed by atoms with Crippen molar-refractivity contribution in [3.63, 3.8) is 0 Å². The van der Waals surface area contributed by atoms with E-state index in [9.17, 15) is 0 Å². The predicted octanol–water partition coefficient (Wildman–Crippen LogP) is 4.18. The summed E-state index contributed by atoms with van der Waals surface area (Å²) in [6, 6.07) is 3.43. The molecule has 0 heterocycles. The van der Waals surface area contributed by atoms with Gasteiger partial charge in [-0.15, -0.1) is 0 Å². The molecule has 0 bridgehead atoms. The van der Waals surface area contributed by atoms with Crippen LogP contribution in [0.25, 0.3) is 0 Å². The van der Waals surface area contributed by atoms with Gasteiger partial charge in [0.05, 0.1) is 21.4 Å². The molecule has 1 aromatic rings. The van der Waals surface area contributed by atoms with Crippen molar-refractivity contribution in [2.24, 2.45) is 0 Å². The third-order valence-corrected chi connectivity index (χ3v) is 3.17. The molecule has 0 unspecified atom stereocenters. The van der Waals surface area contributed by atoms with E-state index in [0.29, 0.717) is 15.7 Å². The van der Waals surface area contributed by atoms with Gasteiger partial charge in [-0.3, -0.25) is 0 Å². The predicted molar refractivity (Wildman–Crippen MR) is 68.9 cm³/mol. The molecule has 0 amide bonds. The lowest BCUT2D eigenvalue weighted by Crippen LogP contribution is -2.30. The van der Waals surface area contributed by atoms with Crippen molar-refractivity contribution in [2.45, 2.75) is 32.7 Å². The van der Waals surface area contributed by atoms with Crippen LogP contribution in [0.1, 0.15) is 27.2 Å². The molecule has 0 aromatic heterocycles. The average molecular weight is 247 g/mol. The minimum Gasteiger partial charge on any atom is -0.397 e. The van der Waals surface area contributed by atoms with Gasteiger partial charge in [0.1, 0.15) is 0 Å². The zero-order valence-electron chi connectivity index (χ0n) is 9.20. The lowest BCUT2D eigenvalue weighted by atomic mass is 10.0. The highest BCUT2D eigenvalue weighted by Crippen LogP contribution is 2.32. The molecule has 0 aliphatic rings. The van der Waals surface area contributed by atoms with Crippen LogP contribution in [-0.2, 0) is 0 Å². The second kappa shape index (κ2) is 4.50. The van der Waals surface area contributed by atoms with Crippen molar-refractivity contribution >= 4 is 34.6 Å². The lowest BCUT2D eigenvalue weighted by molar-refractivity contribution is 0.547. The molecular formula is C11H16Cl2N2. The van der Waals surface area contributed by atoms with Gasteiger partial charge < -0.3 is 11.1 Å². The molecule has 1 rings (SSSR count). The maximum absolute atomic E-state index is 5.93. The van der Waals surface area contributed by atoms with Crippen LogP contribution < -0.4 is 11.1 Å². The number of rotatable bonds is 3. The van der Waals surface area contributed by atoms with Gasteiger partial charge in [0.2, 0.25) is 0 Å². The second-order valence-electron chi connectivity index (χ2n) is 4.22. The first-order valence-electron chi connectivity index (χ1n) is 4.88. The van der Waals surface area contributed by atoms with Crippen molar-refractivity contribution in [3.8, 4) is 0 Å². The zero-order valence-corrected chi connectivity index (χ0v) is 10.7. The molecule has 3 N–H and O–H groups in total. The topological polar surface area (TPSA) is 38.0 Å². The Hall–Kier alpha value is -0.600. The number of nitrogen functional groups attached to an aromatic ring is 1. The molecule has 0 spiro atoms. The molecule has 0 saturated carbocycles. The van der Waals surface area contributed by atoms with Crippen molar-refractivity contribution in [3.05, 3.63) is 22.2 Å². The summed E-state index contributed by atoms with van der Waals surface area (Å²) in [6.45, 7) is 6.32. The first-order valence-corrected chi connectivity index (χ1v) is 5.64. The Morgan fingerprint density at radius 3 is 2.33 bits per heavy atom. The number of hydrogen-bond donors (Lipinski definition) is 2. The molecule has 0 atom stereocenters. The lowest BCUT2D eigenvalue weighted by Gasteiger charge is -2.27. The first kappa shape index (κ1) is 12.5. The molecule has 0 radical (unpaired) electrons. The standard InChI is InChI=1S/C11H16Cl2N2/c1-4-11(2,3)15-10-6-8(13)7(12)5-9(10)14/h5-6,15H,4,14H2,1-3H3. The van der Waals surface area contributed by atoms with E-state index in [1.54, 1.807) is 12.1 Å². The maximum atomic E-state index is 5.93. The minimum atomic E-state index is -0.00865.